The maximum Gasteiger partial charge on any atom is 0.126 e. The molecule has 1 nitrogen and oxygen atoms in total. The lowest BCUT2D eigenvalue weighted by atomic mass is 9.95. The molecule has 1 aromatic carbocycles. The van der Waals surface area contributed by atoms with Crippen molar-refractivity contribution < 1.29 is 4.39 Å². The van der Waals surface area contributed by atoms with Crippen molar-refractivity contribution >= 4 is 0 Å². The first kappa shape index (κ1) is 9.66. The van der Waals surface area contributed by atoms with Gasteiger partial charge >= 0.3 is 0 Å². The van der Waals surface area contributed by atoms with Gasteiger partial charge in [0, 0.05) is 6.04 Å². The Morgan fingerprint density at radius 2 is 2.14 bits per heavy atom. The maximum atomic E-state index is 13.5. The monoisotopic (exact) mass is 193 g/mol. The molecule has 1 aliphatic carbocycles. The maximum absolute atomic E-state index is 13.5. The fourth-order valence-corrected chi connectivity index (χ4v) is 2.27. The van der Waals surface area contributed by atoms with Crippen molar-refractivity contribution in [1.82, 2.24) is 0 Å². The van der Waals surface area contributed by atoms with E-state index in [1.54, 1.807) is 6.07 Å². The van der Waals surface area contributed by atoms with Crippen LogP contribution in [0.25, 0.3) is 0 Å². The van der Waals surface area contributed by atoms with Crippen molar-refractivity contribution in [3.8, 4) is 0 Å². The molecule has 1 aliphatic rings. The molecule has 2 heteroatoms. The van der Waals surface area contributed by atoms with Gasteiger partial charge in [0.15, 0.2) is 0 Å². The van der Waals surface area contributed by atoms with Crippen molar-refractivity contribution in [1.29, 1.82) is 0 Å². The van der Waals surface area contributed by atoms with Gasteiger partial charge in [0.25, 0.3) is 0 Å². The molecule has 1 saturated carbocycles. The van der Waals surface area contributed by atoms with Gasteiger partial charge in [0.2, 0.25) is 0 Å². The second-order valence-electron chi connectivity index (χ2n) is 4.30. The third-order valence-electron chi connectivity index (χ3n) is 3.06. The first-order chi connectivity index (χ1) is 6.66. The summed E-state index contributed by atoms with van der Waals surface area (Å²) in [6.07, 6.45) is 2.99. The van der Waals surface area contributed by atoms with Crippen molar-refractivity contribution in [3.63, 3.8) is 0 Å². The molecule has 2 rings (SSSR count). The van der Waals surface area contributed by atoms with Crippen LogP contribution in [0.4, 0.5) is 4.39 Å². The molecule has 0 amide bonds. The summed E-state index contributed by atoms with van der Waals surface area (Å²) in [5.74, 6) is 0.264. The topological polar surface area (TPSA) is 26.0 Å². The zero-order valence-electron chi connectivity index (χ0n) is 8.46. The van der Waals surface area contributed by atoms with E-state index in [0.29, 0.717) is 5.92 Å². The van der Waals surface area contributed by atoms with Crippen LogP contribution in [-0.2, 0) is 0 Å². The smallest absolute Gasteiger partial charge is 0.126 e. The van der Waals surface area contributed by atoms with Gasteiger partial charge in [-0.25, -0.2) is 4.39 Å². The number of halogens is 1. The minimum Gasteiger partial charge on any atom is -0.328 e. The number of hydrogen-bond acceptors (Lipinski definition) is 1. The van der Waals surface area contributed by atoms with Gasteiger partial charge in [-0.15, -0.1) is 0 Å². The van der Waals surface area contributed by atoms with Gasteiger partial charge in [-0.2, -0.15) is 0 Å². The van der Waals surface area contributed by atoms with Crippen LogP contribution in [0.15, 0.2) is 18.2 Å². The Kier molecular flexibility index (Phi) is 2.55. The molecule has 0 saturated heterocycles. The molecule has 0 aliphatic heterocycles. The van der Waals surface area contributed by atoms with Gasteiger partial charge in [0.1, 0.15) is 5.82 Å². The number of benzene rings is 1. The molecule has 2 atom stereocenters. The number of aryl methyl sites for hydroxylation is 1. The Morgan fingerprint density at radius 1 is 1.36 bits per heavy atom. The molecular formula is C12H16FN. The van der Waals surface area contributed by atoms with E-state index in [-0.39, 0.29) is 11.9 Å². The Labute approximate surface area is 84.1 Å². The number of nitrogens with two attached hydrogens (primary N) is 1. The van der Waals surface area contributed by atoms with Crippen molar-refractivity contribution in [3.05, 3.63) is 35.1 Å². The predicted molar refractivity (Wildman–Crippen MR) is 55.7 cm³/mol. The largest absolute Gasteiger partial charge is 0.328 e. The molecule has 2 unspecified atom stereocenters. The van der Waals surface area contributed by atoms with E-state index < -0.39 is 0 Å². The van der Waals surface area contributed by atoms with E-state index in [1.807, 2.05) is 19.1 Å². The fourth-order valence-electron chi connectivity index (χ4n) is 2.27. The summed E-state index contributed by atoms with van der Waals surface area (Å²) in [7, 11) is 0. The normalized spacial score (nSPS) is 26.8. The summed E-state index contributed by atoms with van der Waals surface area (Å²) in [4.78, 5) is 0. The van der Waals surface area contributed by atoms with Gasteiger partial charge in [-0.3, -0.25) is 0 Å². The Morgan fingerprint density at radius 3 is 2.79 bits per heavy atom. The summed E-state index contributed by atoms with van der Waals surface area (Å²) < 4.78 is 13.5. The molecule has 0 spiro atoms. The van der Waals surface area contributed by atoms with E-state index in [1.165, 1.54) is 0 Å². The molecule has 1 aromatic rings. The zero-order chi connectivity index (χ0) is 10.1. The van der Waals surface area contributed by atoms with Crippen molar-refractivity contribution in [2.24, 2.45) is 5.73 Å². The highest BCUT2D eigenvalue weighted by Crippen LogP contribution is 2.35. The highest BCUT2D eigenvalue weighted by Gasteiger charge is 2.25. The van der Waals surface area contributed by atoms with E-state index in [4.69, 9.17) is 5.73 Å². The Bertz CT molecular complexity index is 335. The van der Waals surface area contributed by atoms with Crippen LogP contribution >= 0.6 is 0 Å². The standard InChI is InChI=1S/C12H16FN/c1-8-2-5-12(13)11(6-8)9-3-4-10(14)7-9/h2,5-6,9-10H,3-4,7,14H2,1H3. The molecule has 1 fully saturated rings. The van der Waals surface area contributed by atoms with Gasteiger partial charge in [0.05, 0.1) is 0 Å². The van der Waals surface area contributed by atoms with Crippen LogP contribution in [0.5, 0.6) is 0 Å². The number of rotatable bonds is 1. The summed E-state index contributed by atoms with van der Waals surface area (Å²) in [6, 6.07) is 5.60. The molecule has 2 N–H and O–H groups in total. The first-order valence-electron chi connectivity index (χ1n) is 5.18. The van der Waals surface area contributed by atoms with Crippen molar-refractivity contribution in [2.75, 3.05) is 0 Å². The van der Waals surface area contributed by atoms with Crippen LogP contribution in [0.3, 0.4) is 0 Å². The van der Waals surface area contributed by atoms with Crippen LogP contribution in [0.1, 0.15) is 36.3 Å². The van der Waals surface area contributed by atoms with E-state index in [2.05, 4.69) is 0 Å². The van der Waals surface area contributed by atoms with E-state index in [0.717, 1.165) is 30.4 Å². The Balaban J connectivity index is 2.27. The number of hydrogen-bond donors (Lipinski definition) is 1. The lowest BCUT2D eigenvalue weighted by Crippen LogP contribution is -2.14. The molecular weight excluding hydrogens is 177 g/mol. The zero-order valence-corrected chi connectivity index (χ0v) is 8.46. The lowest BCUT2D eigenvalue weighted by Gasteiger charge is -2.11. The van der Waals surface area contributed by atoms with Crippen LogP contribution in [0.2, 0.25) is 0 Å². The summed E-state index contributed by atoms with van der Waals surface area (Å²) >= 11 is 0. The van der Waals surface area contributed by atoms with Crippen molar-refractivity contribution in [2.45, 2.75) is 38.1 Å². The molecule has 0 bridgehead atoms. The molecule has 14 heavy (non-hydrogen) atoms. The molecule has 0 heterocycles. The SMILES string of the molecule is Cc1ccc(F)c(C2CCC(N)C2)c1. The third-order valence-corrected chi connectivity index (χ3v) is 3.06. The van der Waals surface area contributed by atoms with E-state index in [9.17, 15) is 4.39 Å². The van der Waals surface area contributed by atoms with Crippen LogP contribution in [-0.4, -0.2) is 6.04 Å². The summed E-state index contributed by atoms with van der Waals surface area (Å²) in [5.41, 5.74) is 7.81. The average molecular weight is 193 g/mol. The quantitative estimate of drug-likeness (QED) is 0.729. The fraction of sp³-hybridized carbons (Fsp3) is 0.500. The summed E-state index contributed by atoms with van der Waals surface area (Å²) in [5, 5.41) is 0. The lowest BCUT2D eigenvalue weighted by molar-refractivity contribution is 0.575. The van der Waals surface area contributed by atoms with E-state index >= 15 is 0 Å². The highest BCUT2D eigenvalue weighted by molar-refractivity contribution is 5.28. The first-order valence-corrected chi connectivity index (χ1v) is 5.18. The highest BCUT2D eigenvalue weighted by atomic mass is 19.1. The Hall–Kier alpha value is -0.890. The van der Waals surface area contributed by atoms with Gasteiger partial charge in [-0.1, -0.05) is 17.7 Å². The van der Waals surface area contributed by atoms with Gasteiger partial charge < -0.3 is 5.73 Å². The minimum atomic E-state index is -0.0744. The molecule has 76 valence electrons. The average Bonchev–Trinajstić information content (AvgIpc) is 2.56. The van der Waals surface area contributed by atoms with Crippen LogP contribution in [0, 0.1) is 12.7 Å². The van der Waals surface area contributed by atoms with Crippen LogP contribution < -0.4 is 5.73 Å². The summed E-state index contributed by atoms with van der Waals surface area (Å²) in [6.45, 7) is 2.00. The molecule has 0 aromatic heterocycles. The van der Waals surface area contributed by atoms with Gasteiger partial charge in [-0.05, 0) is 43.7 Å². The third kappa shape index (κ3) is 1.80. The second kappa shape index (κ2) is 3.70. The molecule has 0 radical (unpaired) electrons. The second-order valence-corrected chi connectivity index (χ2v) is 4.30. The predicted octanol–water partition coefficient (Wildman–Crippen LogP) is 2.73. The minimum absolute atomic E-state index is 0.0744.